The Labute approximate surface area is 97.8 Å². The number of nitrogens with one attached hydrogen (secondary N) is 1. The van der Waals surface area contributed by atoms with Crippen LogP contribution in [0.25, 0.3) is 0 Å². The van der Waals surface area contributed by atoms with Gasteiger partial charge in [-0.1, -0.05) is 23.9 Å². The van der Waals surface area contributed by atoms with Crippen molar-refractivity contribution in [1.29, 1.82) is 0 Å². The number of carbonyl (C=O) groups excluding carboxylic acids is 1. The van der Waals surface area contributed by atoms with Crippen LogP contribution in [0.15, 0.2) is 34.2 Å². The molecule has 0 spiro atoms. The molecule has 1 amide bonds. The Morgan fingerprint density at radius 2 is 2.27 bits per heavy atom. The van der Waals surface area contributed by atoms with Crippen LogP contribution in [0.3, 0.4) is 0 Å². The predicted octanol–water partition coefficient (Wildman–Crippen LogP) is 1.81. The van der Waals surface area contributed by atoms with Crippen molar-refractivity contribution in [2.45, 2.75) is 4.90 Å². The van der Waals surface area contributed by atoms with Crippen LogP contribution in [0.5, 0.6) is 0 Å². The summed E-state index contributed by atoms with van der Waals surface area (Å²) in [5, 5.41) is 3.47. The number of benzene rings is 1. The number of thiol groups is 1. The van der Waals surface area contributed by atoms with E-state index in [0.717, 1.165) is 12.3 Å². The molecule has 1 aliphatic heterocycles. The highest BCUT2D eigenvalue weighted by Crippen LogP contribution is 2.14. The lowest BCUT2D eigenvalue weighted by Gasteiger charge is -2.05. The SMILES string of the molecule is O=C(NC1=NCCS1)c1ccccc1S. The molecule has 1 aromatic rings. The van der Waals surface area contributed by atoms with Gasteiger partial charge in [-0.05, 0) is 12.1 Å². The van der Waals surface area contributed by atoms with E-state index in [1.165, 1.54) is 0 Å². The zero-order chi connectivity index (χ0) is 10.7. The quantitative estimate of drug-likeness (QED) is 0.733. The summed E-state index contributed by atoms with van der Waals surface area (Å²) in [5.41, 5.74) is 0.580. The summed E-state index contributed by atoms with van der Waals surface area (Å²) in [6.45, 7) is 0.781. The largest absolute Gasteiger partial charge is 0.301 e. The van der Waals surface area contributed by atoms with Gasteiger partial charge >= 0.3 is 0 Å². The molecule has 0 atom stereocenters. The number of aliphatic imine (C=N–C) groups is 1. The summed E-state index contributed by atoms with van der Waals surface area (Å²) in [6, 6.07) is 7.21. The first-order valence-corrected chi connectivity index (χ1v) is 5.97. The van der Waals surface area contributed by atoms with Gasteiger partial charge in [0.15, 0.2) is 5.17 Å². The molecule has 0 aliphatic carbocycles. The van der Waals surface area contributed by atoms with Gasteiger partial charge in [-0.25, -0.2) is 0 Å². The molecular weight excluding hydrogens is 228 g/mol. The van der Waals surface area contributed by atoms with E-state index in [4.69, 9.17) is 0 Å². The maximum atomic E-state index is 11.8. The Kier molecular flexibility index (Phi) is 3.33. The van der Waals surface area contributed by atoms with Crippen LogP contribution in [0.2, 0.25) is 0 Å². The lowest BCUT2D eigenvalue weighted by Crippen LogP contribution is -2.27. The third kappa shape index (κ3) is 2.54. The summed E-state index contributed by atoms with van der Waals surface area (Å²) < 4.78 is 0. The molecule has 2 rings (SSSR count). The normalized spacial score (nSPS) is 14.9. The van der Waals surface area contributed by atoms with Gasteiger partial charge in [0.2, 0.25) is 0 Å². The van der Waals surface area contributed by atoms with Gasteiger partial charge in [-0.15, -0.1) is 12.6 Å². The monoisotopic (exact) mass is 238 g/mol. The molecule has 0 aromatic heterocycles. The molecule has 1 heterocycles. The smallest absolute Gasteiger partial charge is 0.258 e. The molecule has 0 saturated carbocycles. The maximum Gasteiger partial charge on any atom is 0.258 e. The Hall–Kier alpha value is -0.940. The lowest BCUT2D eigenvalue weighted by atomic mass is 10.2. The molecule has 5 heteroatoms. The van der Waals surface area contributed by atoms with Crippen molar-refractivity contribution >= 4 is 35.5 Å². The molecular formula is C10H10N2OS2. The Morgan fingerprint density at radius 1 is 1.47 bits per heavy atom. The van der Waals surface area contributed by atoms with Crippen molar-refractivity contribution in [2.75, 3.05) is 12.3 Å². The second-order valence-electron chi connectivity index (χ2n) is 3.01. The summed E-state index contributed by atoms with van der Waals surface area (Å²) >= 11 is 5.79. The van der Waals surface area contributed by atoms with E-state index in [9.17, 15) is 4.79 Å². The van der Waals surface area contributed by atoms with E-state index < -0.39 is 0 Å². The van der Waals surface area contributed by atoms with Gasteiger partial charge in [-0.3, -0.25) is 9.79 Å². The van der Waals surface area contributed by atoms with Gasteiger partial charge < -0.3 is 5.32 Å². The van der Waals surface area contributed by atoms with Gasteiger partial charge in [-0.2, -0.15) is 0 Å². The molecule has 3 nitrogen and oxygen atoms in total. The predicted molar refractivity (Wildman–Crippen MR) is 65.9 cm³/mol. The Bertz CT molecular complexity index is 418. The minimum Gasteiger partial charge on any atom is -0.301 e. The van der Waals surface area contributed by atoms with E-state index in [0.29, 0.717) is 15.6 Å². The van der Waals surface area contributed by atoms with E-state index in [2.05, 4.69) is 22.9 Å². The van der Waals surface area contributed by atoms with Crippen LogP contribution >= 0.6 is 24.4 Å². The molecule has 0 saturated heterocycles. The van der Waals surface area contributed by atoms with Crippen LogP contribution in [-0.2, 0) is 0 Å². The van der Waals surface area contributed by atoms with Gasteiger partial charge in [0.1, 0.15) is 0 Å². The number of thioether (sulfide) groups is 1. The fourth-order valence-electron chi connectivity index (χ4n) is 1.24. The minimum absolute atomic E-state index is 0.145. The van der Waals surface area contributed by atoms with Gasteiger partial charge in [0, 0.05) is 10.6 Å². The highest BCUT2D eigenvalue weighted by molar-refractivity contribution is 8.14. The fraction of sp³-hybridized carbons (Fsp3) is 0.200. The number of nitrogens with zero attached hydrogens (tertiary/aromatic N) is 1. The second-order valence-corrected chi connectivity index (χ2v) is 4.57. The zero-order valence-corrected chi connectivity index (χ0v) is 9.65. The summed E-state index contributed by atoms with van der Waals surface area (Å²) in [5.74, 6) is 0.798. The highest BCUT2D eigenvalue weighted by atomic mass is 32.2. The summed E-state index contributed by atoms with van der Waals surface area (Å²) in [4.78, 5) is 16.6. The molecule has 1 aromatic carbocycles. The third-order valence-corrected chi connectivity index (χ3v) is 3.24. The summed E-state index contributed by atoms with van der Waals surface area (Å²) in [7, 11) is 0. The van der Waals surface area contributed by atoms with Gasteiger partial charge in [0.25, 0.3) is 5.91 Å². The fourth-order valence-corrected chi connectivity index (χ4v) is 2.23. The number of carbonyl (C=O) groups is 1. The van der Waals surface area contributed by atoms with Crippen molar-refractivity contribution in [3.8, 4) is 0 Å². The molecule has 0 bridgehead atoms. The standard InChI is InChI=1S/C10H10N2OS2/c13-9(12-10-11-5-6-15-10)7-3-1-2-4-8(7)14/h1-4,14H,5-6H2,(H,11,12,13). The average molecular weight is 238 g/mol. The Morgan fingerprint density at radius 3 is 2.93 bits per heavy atom. The van der Waals surface area contributed by atoms with Crippen LogP contribution < -0.4 is 5.32 Å². The molecule has 0 fully saturated rings. The van der Waals surface area contributed by atoms with Crippen molar-refractivity contribution < 1.29 is 4.79 Å². The number of amidine groups is 1. The number of hydrogen-bond donors (Lipinski definition) is 2. The lowest BCUT2D eigenvalue weighted by molar-refractivity contribution is 0.0975. The van der Waals surface area contributed by atoms with Crippen molar-refractivity contribution in [3.63, 3.8) is 0 Å². The minimum atomic E-state index is -0.145. The molecule has 78 valence electrons. The number of hydrogen-bond acceptors (Lipinski definition) is 4. The van der Waals surface area contributed by atoms with Crippen LogP contribution in [-0.4, -0.2) is 23.4 Å². The Balaban J connectivity index is 2.11. The maximum absolute atomic E-state index is 11.8. The van der Waals surface area contributed by atoms with E-state index in [1.807, 2.05) is 12.1 Å². The first-order valence-electron chi connectivity index (χ1n) is 4.54. The first-order chi connectivity index (χ1) is 7.27. The van der Waals surface area contributed by atoms with Crippen LogP contribution in [0.1, 0.15) is 10.4 Å². The zero-order valence-electron chi connectivity index (χ0n) is 7.93. The topological polar surface area (TPSA) is 41.5 Å². The van der Waals surface area contributed by atoms with Crippen molar-refractivity contribution in [2.24, 2.45) is 4.99 Å². The third-order valence-electron chi connectivity index (χ3n) is 1.95. The summed E-state index contributed by atoms with van der Waals surface area (Å²) in [6.07, 6.45) is 0. The van der Waals surface area contributed by atoms with Crippen LogP contribution in [0, 0.1) is 0 Å². The molecule has 0 unspecified atom stereocenters. The second kappa shape index (κ2) is 4.72. The van der Waals surface area contributed by atoms with E-state index >= 15 is 0 Å². The highest BCUT2D eigenvalue weighted by Gasteiger charge is 2.13. The average Bonchev–Trinajstić information content (AvgIpc) is 2.71. The molecule has 0 radical (unpaired) electrons. The van der Waals surface area contributed by atoms with E-state index in [-0.39, 0.29) is 5.91 Å². The van der Waals surface area contributed by atoms with Crippen molar-refractivity contribution in [3.05, 3.63) is 29.8 Å². The van der Waals surface area contributed by atoms with Gasteiger partial charge in [0.05, 0.1) is 12.1 Å². The number of rotatable bonds is 1. The van der Waals surface area contributed by atoms with Crippen LogP contribution in [0.4, 0.5) is 0 Å². The van der Waals surface area contributed by atoms with E-state index in [1.54, 1.807) is 23.9 Å². The molecule has 1 aliphatic rings. The molecule has 1 N–H and O–H groups in total. The number of amides is 1. The van der Waals surface area contributed by atoms with Crippen molar-refractivity contribution in [1.82, 2.24) is 5.32 Å². The molecule has 15 heavy (non-hydrogen) atoms. The first kappa shape index (κ1) is 10.6.